The molecule has 0 saturated carbocycles. The maximum absolute atomic E-state index is 12.6. The van der Waals surface area contributed by atoms with Gasteiger partial charge in [0.1, 0.15) is 5.71 Å². The Labute approximate surface area is 146 Å². The monoisotopic (exact) mass is 341 g/mol. The van der Waals surface area contributed by atoms with Gasteiger partial charge in [-0.25, -0.2) is 0 Å². The molecule has 2 aromatic rings. The molecule has 0 amide bonds. The van der Waals surface area contributed by atoms with E-state index in [1.165, 1.54) is 0 Å². The molecule has 1 aliphatic rings. The molecule has 124 valence electrons. The molecule has 2 N–H and O–H groups in total. The van der Waals surface area contributed by atoms with Crippen molar-refractivity contribution in [2.75, 3.05) is 19.8 Å². The van der Waals surface area contributed by atoms with E-state index in [1.54, 1.807) is 0 Å². The minimum atomic E-state index is -0.0755. The van der Waals surface area contributed by atoms with Crippen molar-refractivity contribution >= 4 is 39.6 Å². The predicted molar refractivity (Wildman–Crippen MR) is 99.7 cm³/mol. The Morgan fingerprint density at radius 1 is 1.21 bits per heavy atom. The van der Waals surface area contributed by atoms with Crippen LogP contribution in [0.5, 0.6) is 0 Å². The topological polar surface area (TPSA) is 62.7 Å². The summed E-state index contributed by atoms with van der Waals surface area (Å²) in [4.78, 5) is 12.6. The molecule has 0 atom stereocenters. The zero-order valence-electron chi connectivity index (χ0n) is 13.5. The fraction of sp³-hybridized carbons (Fsp3) is 0.278. The van der Waals surface area contributed by atoms with Crippen molar-refractivity contribution in [3.63, 3.8) is 0 Å². The maximum atomic E-state index is 12.6. The van der Waals surface area contributed by atoms with Gasteiger partial charge in [-0.2, -0.15) is 5.10 Å². The number of hydrogen-bond acceptors (Lipinski definition) is 4. The van der Waals surface area contributed by atoms with Gasteiger partial charge in [0, 0.05) is 36.3 Å². The van der Waals surface area contributed by atoms with E-state index in [9.17, 15) is 4.79 Å². The molecule has 0 unspecified atom stereocenters. The van der Waals surface area contributed by atoms with Crippen molar-refractivity contribution in [3.8, 4) is 0 Å². The fourth-order valence-electron chi connectivity index (χ4n) is 2.76. The SMILES string of the molecule is CCOCCCNC(=S)N/N=C1\C(=O)c2cccc3cccc1c23. The highest BCUT2D eigenvalue weighted by Crippen LogP contribution is 2.30. The summed E-state index contributed by atoms with van der Waals surface area (Å²) in [5.74, 6) is -0.0755. The van der Waals surface area contributed by atoms with Gasteiger partial charge in [-0.3, -0.25) is 10.2 Å². The molecule has 2 aromatic carbocycles. The number of rotatable bonds is 6. The Balaban J connectivity index is 1.68. The van der Waals surface area contributed by atoms with Gasteiger partial charge in [-0.1, -0.05) is 36.4 Å². The van der Waals surface area contributed by atoms with Crippen LogP contribution in [0.4, 0.5) is 0 Å². The Kier molecular flexibility index (Phi) is 5.17. The average Bonchev–Trinajstić information content (AvgIpc) is 2.87. The van der Waals surface area contributed by atoms with Gasteiger partial charge < -0.3 is 10.1 Å². The van der Waals surface area contributed by atoms with E-state index >= 15 is 0 Å². The number of hydrogen-bond donors (Lipinski definition) is 2. The highest BCUT2D eigenvalue weighted by molar-refractivity contribution is 7.80. The lowest BCUT2D eigenvalue weighted by atomic mass is 10.1. The molecule has 0 radical (unpaired) electrons. The lowest BCUT2D eigenvalue weighted by Crippen LogP contribution is -2.34. The van der Waals surface area contributed by atoms with Gasteiger partial charge in [0.25, 0.3) is 0 Å². The second kappa shape index (κ2) is 7.51. The normalized spacial score (nSPS) is 14.4. The third-order valence-corrected chi connectivity index (χ3v) is 4.08. The minimum absolute atomic E-state index is 0.0755. The van der Waals surface area contributed by atoms with Crippen molar-refractivity contribution in [1.82, 2.24) is 10.7 Å². The number of nitrogens with one attached hydrogen (secondary N) is 2. The van der Waals surface area contributed by atoms with Crippen LogP contribution in [0.1, 0.15) is 29.3 Å². The van der Waals surface area contributed by atoms with Gasteiger partial charge >= 0.3 is 0 Å². The lowest BCUT2D eigenvalue weighted by Gasteiger charge is -2.07. The molecule has 0 bridgehead atoms. The number of benzene rings is 2. The quantitative estimate of drug-likeness (QED) is 0.480. The number of carbonyl (C=O) groups excluding carboxylic acids is 1. The van der Waals surface area contributed by atoms with E-state index in [4.69, 9.17) is 17.0 Å². The van der Waals surface area contributed by atoms with Crippen LogP contribution < -0.4 is 10.7 Å². The molecule has 1 aliphatic carbocycles. The third-order valence-electron chi connectivity index (χ3n) is 3.84. The third kappa shape index (κ3) is 3.29. The standard InChI is InChI=1S/C18H19N3O2S/c1-2-23-11-5-10-19-18(24)21-20-16-13-8-3-6-12-7-4-9-14(15(12)13)17(16)22/h3-4,6-9H,2,5,10-11H2,1H3,(H2,19,21,24)/b20-16-. The first-order chi connectivity index (χ1) is 11.7. The summed E-state index contributed by atoms with van der Waals surface area (Å²) in [7, 11) is 0. The summed E-state index contributed by atoms with van der Waals surface area (Å²) in [5.41, 5.74) is 4.71. The zero-order valence-corrected chi connectivity index (χ0v) is 14.3. The van der Waals surface area contributed by atoms with Crippen molar-refractivity contribution in [3.05, 3.63) is 47.5 Å². The van der Waals surface area contributed by atoms with E-state index in [0.29, 0.717) is 36.1 Å². The average molecular weight is 341 g/mol. The molecular weight excluding hydrogens is 322 g/mol. The van der Waals surface area contributed by atoms with Gasteiger partial charge in [-0.05, 0) is 30.9 Å². The van der Waals surface area contributed by atoms with Crippen LogP contribution in [0.3, 0.4) is 0 Å². The molecule has 0 saturated heterocycles. The maximum Gasteiger partial charge on any atom is 0.214 e. The number of ether oxygens (including phenoxy) is 1. The molecule has 0 aliphatic heterocycles. The number of thiocarbonyl (C=S) groups is 1. The van der Waals surface area contributed by atoms with Crippen LogP contribution in [-0.2, 0) is 4.74 Å². The lowest BCUT2D eigenvalue weighted by molar-refractivity contribution is 0.106. The molecule has 0 heterocycles. The van der Waals surface area contributed by atoms with E-state index in [-0.39, 0.29) is 5.78 Å². The van der Waals surface area contributed by atoms with Crippen molar-refractivity contribution < 1.29 is 9.53 Å². The molecule has 3 rings (SSSR count). The molecule has 24 heavy (non-hydrogen) atoms. The van der Waals surface area contributed by atoms with Crippen LogP contribution in [-0.4, -0.2) is 36.4 Å². The zero-order chi connectivity index (χ0) is 16.9. The summed E-state index contributed by atoms with van der Waals surface area (Å²) in [5, 5.41) is 9.69. The van der Waals surface area contributed by atoms with Crippen LogP contribution in [0.25, 0.3) is 10.8 Å². The van der Waals surface area contributed by atoms with Gasteiger partial charge in [0.05, 0.1) is 0 Å². The molecule has 0 spiro atoms. The summed E-state index contributed by atoms with van der Waals surface area (Å²) in [6.07, 6.45) is 0.857. The van der Waals surface area contributed by atoms with Crippen LogP contribution in [0.15, 0.2) is 41.5 Å². The largest absolute Gasteiger partial charge is 0.382 e. The fourth-order valence-corrected chi connectivity index (χ4v) is 2.90. The minimum Gasteiger partial charge on any atom is -0.382 e. The van der Waals surface area contributed by atoms with Gasteiger partial charge in [-0.15, -0.1) is 0 Å². The van der Waals surface area contributed by atoms with Crippen LogP contribution >= 0.6 is 12.2 Å². The van der Waals surface area contributed by atoms with Crippen LogP contribution in [0, 0.1) is 0 Å². The van der Waals surface area contributed by atoms with Gasteiger partial charge in [0.15, 0.2) is 5.11 Å². The predicted octanol–water partition coefficient (Wildman–Crippen LogP) is 2.63. The Morgan fingerprint density at radius 2 is 1.96 bits per heavy atom. The second-order valence-electron chi connectivity index (χ2n) is 5.42. The van der Waals surface area contributed by atoms with Crippen molar-refractivity contribution in [2.24, 2.45) is 5.10 Å². The first kappa shape index (κ1) is 16.5. The first-order valence-corrected chi connectivity index (χ1v) is 8.39. The van der Waals surface area contributed by atoms with E-state index < -0.39 is 0 Å². The summed E-state index contributed by atoms with van der Waals surface area (Å²) >= 11 is 5.19. The molecule has 0 aromatic heterocycles. The number of hydrazone groups is 1. The highest BCUT2D eigenvalue weighted by Gasteiger charge is 2.28. The smallest absolute Gasteiger partial charge is 0.214 e. The van der Waals surface area contributed by atoms with Crippen LogP contribution in [0.2, 0.25) is 0 Å². The first-order valence-electron chi connectivity index (χ1n) is 7.98. The molecular formula is C18H19N3O2S. The second-order valence-corrected chi connectivity index (χ2v) is 5.83. The van der Waals surface area contributed by atoms with E-state index in [2.05, 4.69) is 15.8 Å². The van der Waals surface area contributed by atoms with Crippen molar-refractivity contribution in [1.29, 1.82) is 0 Å². The Hall–Kier alpha value is -2.31. The summed E-state index contributed by atoms with van der Waals surface area (Å²) in [6.45, 7) is 4.06. The number of Topliss-reactive ketones (excluding diaryl/α,β-unsaturated/α-hetero) is 1. The Bertz CT molecular complexity index is 812. The highest BCUT2D eigenvalue weighted by atomic mass is 32.1. The van der Waals surface area contributed by atoms with Gasteiger partial charge in [0.2, 0.25) is 5.78 Å². The molecule has 6 heteroatoms. The van der Waals surface area contributed by atoms with E-state index in [0.717, 1.165) is 22.8 Å². The summed E-state index contributed by atoms with van der Waals surface area (Å²) < 4.78 is 5.26. The number of nitrogens with zero attached hydrogens (tertiary/aromatic N) is 1. The summed E-state index contributed by atoms with van der Waals surface area (Å²) in [6, 6.07) is 11.6. The Morgan fingerprint density at radius 3 is 2.71 bits per heavy atom. The molecule has 5 nitrogen and oxygen atoms in total. The number of ketones is 1. The number of carbonyl (C=O) groups is 1. The van der Waals surface area contributed by atoms with Crippen molar-refractivity contribution in [2.45, 2.75) is 13.3 Å². The van der Waals surface area contributed by atoms with E-state index in [1.807, 2.05) is 43.3 Å². The molecule has 0 fully saturated rings.